The van der Waals surface area contributed by atoms with E-state index in [9.17, 15) is 14.4 Å². The van der Waals surface area contributed by atoms with Crippen LogP contribution < -0.4 is 20.9 Å². The number of nitrogens with one attached hydrogen (secondary N) is 2. The molecular formula is C26H33N5O4. The first-order valence-corrected chi connectivity index (χ1v) is 12.4. The van der Waals surface area contributed by atoms with Crippen molar-refractivity contribution in [2.45, 2.75) is 44.7 Å². The number of methoxy groups -OCH3 is 1. The largest absolute Gasteiger partial charge is 0.495 e. The van der Waals surface area contributed by atoms with Gasteiger partial charge < -0.3 is 24.8 Å². The Morgan fingerprint density at radius 2 is 1.71 bits per heavy atom. The third-order valence-electron chi connectivity index (χ3n) is 7.66. The molecule has 0 saturated carbocycles. The number of piperidine rings is 2. The number of ether oxygens (including phenoxy) is 1. The highest BCUT2D eigenvalue weighted by atomic mass is 16.5. The number of urea groups is 1. The number of hydrogen-bond acceptors (Lipinski definition) is 5. The van der Waals surface area contributed by atoms with Crippen LogP contribution in [0.3, 0.4) is 0 Å². The lowest BCUT2D eigenvalue weighted by Crippen LogP contribution is -2.53. The van der Waals surface area contributed by atoms with Crippen LogP contribution in [0.5, 0.6) is 5.75 Å². The summed E-state index contributed by atoms with van der Waals surface area (Å²) in [5.41, 5.74) is 1.70. The number of hydrogen-bond donors (Lipinski definition) is 2. The van der Waals surface area contributed by atoms with Crippen molar-refractivity contribution in [2.75, 3.05) is 43.9 Å². The van der Waals surface area contributed by atoms with E-state index in [1.165, 1.54) is 0 Å². The smallest absolute Gasteiger partial charge is 0.323 e. The number of fused-ring (bicyclic) bond motifs is 4. The molecule has 2 atom stereocenters. The average Bonchev–Trinajstić information content (AvgIpc) is 2.86. The van der Waals surface area contributed by atoms with Gasteiger partial charge in [-0.25, -0.2) is 4.79 Å². The van der Waals surface area contributed by atoms with Gasteiger partial charge in [0.15, 0.2) is 0 Å². The second kappa shape index (κ2) is 9.73. The summed E-state index contributed by atoms with van der Waals surface area (Å²) in [5, 5.41) is 5.47. The van der Waals surface area contributed by atoms with Gasteiger partial charge >= 0.3 is 6.03 Å². The summed E-state index contributed by atoms with van der Waals surface area (Å²) < 4.78 is 7.13. The summed E-state index contributed by atoms with van der Waals surface area (Å²) in [6.07, 6.45) is 3.11. The van der Waals surface area contributed by atoms with Crippen molar-refractivity contribution in [1.82, 2.24) is 14.4 Å². The lowest BCUT2D eigenvalue weighted by Gasteiger charge is -2.47. The predicted molar refractivity (Wildman–Crippen MR) is 134 cm³/mol. The van der Waals surface area contributed by atoms with Crippen molar-refractivity contribution in [3.05, 3.63) is 52.4 Å². The molecule has 0 radical (unpaired) electrons. The SMILES string of the molecule is COc1ccccc1NC(=O)Nc1ccc2n(c1=O)C[C@@H]1C[C@@H]2CN(C2CCN(C(C)=O)CC2)C1. The molecule has 3 aliphatic heterocycles. The van der Waals surface area contributed by atoms with E-state index in [4.69, 9.17) is 4.74 Å². The second-order valence-electron chi connectivity index (χ2n) is 9.86. The van der Waals surface area contributed by atoms with Crippen LogP contribution in [-0.4, -0.2) is 65.6 Å². The Bertz CT molecular complexity index is 1170. The topological polar surface area (TPSA) is 95.9 Å². The molecular weight excluding hydrogens is 446 g/mol. The molecule has 3 aliphatic rings. The van der Waals surface area contributed by atoms with Crippen LogP contribution in [0.1, 0.15) is 37.8 Å². The fourth-order valence-electron chi connectivity index (χ4n) is 5.95. The van der Waals surface area contributed by atoms with Gasteiger partial charge in [-0.05, 0) is 49.4 Å². The summed E-state index contributed by atoms with van der Waals surface area (Å²) in [7, 11) is 1.54. The standard InChI is InChI=1S/C26H33N5O4/c1-17(32)29-11-9-20(10-12-29)30-14-18-13-19(16-30)23-8-7-22(25(33)31(23)15-18)28-26(34)27-21-5-3-4-6-24(21)35-2/h3-8,18-20H,9-16H2,1-2H3,(H2,27,28,34)/t18-,19-/m1/s1. The Morgan fingerprint density at radius 1 is 0.971 bits per heavy atom. The highest BCUT2D eigenvalue weighted by Gasteiger charge is 2.38. The number of rotatable bonds is 4. The molecule has 2 bridgehead atoms. The Morgan fingerprint density at radius 3 is 2.46 bits per heavy atom. The summed E-state index contributed by atoms with van der Waals surface area (Å²) in [5.74, 6) is 1.42. The van der Waals surface area contributed by atoms with Gasteiger partial charge in [-0.3, -0.25) is 14.5 Å². The van der Waals surface area contributed by atoms with Crippen molar-refractivity contribution in [3.8, 4) is 5.75 Å². The number of amides is 3. The Hall–Kier alpha value is -3.33. The molecule has 5 rings (SSSR count). The van der Waals surface area contributed by atoms with E-state index in [0.717, 1.165) is 51.1 Å². The zero-order valence-corrected chi connectivity index (χ0v) is 20.3. The summed E-state index contributed by atoms with van der Waals surface area (Å²) >= 11 is 0. The molecule has 2 saturated heterocycles. The lowest BCUT2D eigenvalue weighted by molar-refractivity contribution is -0.130. The van der Waals surface area contributed by atoms with Crippen LogP contribution in [0, 0.1) is 5.92 Å². The second-order valence-corrected chi connectivity index (χ2v) is 9.86. The minimum absolute atomic E-state index is 0.157. The molecule has 9 nitrogen and oxygen atoms in total. The van der Waals surface area contributed by atoms with Crippen molar-refractivity contribution in [2.24, 2.45) is 5.92 Å². The molecule has 4 heterocycles. The van der Waals surface area contributed by atoms with Crippen molar-refractivity contribution >= 4 is 23.3 Å². The van der Waals surface area contributed by atoms with E-state index < -0.39 is 6.03 Å². The number of pyridine rings is 1. The van der Waals surface area contributed by atoms with Gasteiger partial charge in [-0.15, -0.1) is 0 Å². The monoisotopic (exact) mass is 479 g/mol. The number of carbonyl (C=O) groups is 2. The first kappa shape index (κ1) is 23.4. The molecule has 1 aromatic carbocycles. The van der Waals surface area contributed by atoms with Gasteiger partial charge in [0.1, 0.15) is 11.4 Å². The summed E-state index contributed by atoms with van der Waals surface area (Å²) in [6, 6.07) is 10.9. The molecule has 0 spiro atoms. The summed E-state index contributed by atoms with van der Waals surface area (Å²) in [6.45, 7) is 5.87. The number of likely N-dealkylation sites (tertiary alicyclic amines) is 2. The van der Waals surface area contributed by atoms with Crippen LogP contribution in [-0.2, 0) is 11.3 Å². The van der Waals surface area contributed by atoms with Gasteiger partial charge in [0.05, 0.1) is 12.8 Å². The molecule has 186 valence electrons. The van der Waals surface area contributed by atoms with Crippen LogP contribution in [0.25, 0.3) is 0 Å². The normalized spacial score (nSPS) is 22.3. The maximum atomic E-state index is 13.3. The van der Waals surface area contributed by atoms with Crippen LogP contribution in [0.15, 0.2) is 41.2 Å². The number of nitrogens with zero attached hydrogens (tertiary/aromatic N) is 3. The molecule has 35 heavy (non-hydrogen) atoms. The molecule has 2 aromatic rings. The predicted octanol–water partition coefficient (Wildman–Crippen LogP) is 2.93. The number of para-hydroxylation sites is 2. The molecule has 1 aromatic heterocycles. The van der Waals surface area contributed by atoms with E-state index in [-0.39, 0.29) is 17.2 Å². The number of carbonyl (C=O) groups excluding carboxylic acids is 2. The van der Waals surface area contributed by atoms with E-state index in [1.807, 2.05) is 21.6 Å². The molecule has 0 unspecified atom stereocenters. The zero-order chi connectivity index (χ0) is 24.5. The van der Waals surface area contributed by atoms with E-state index in [0.29, 0.717) is 35.9 Å². The van der Waals surface area contributed by atoms with Crippen LogP contribution >= 0.6 is 0 Å². The first-order chi connectivity index (χ1) is 16.9. The third-order valence-corrected chi connectivity index (χ3v) is 7.66. The number of aromatic nitrogens is 1. The molecule has 2 fully saturated rings. The lowest BCUT2D eigenvalue weighted by atomic mass is 9.82. The maximum absolute atomic E-state index is 13.3. The van der Waals surface area contributed by atoms with Crippen molar-refractivity contribution < 1.29 is 14.3 Å². The Kier molecular flexibility index (Phi) is 6.51. The average molecular weight is 480 g/mol. The molecule has 0 aliphatic carbocycles. The fourth-order valence-corrected chi connectivity index (χ4v) is 5.95. The quantitative estimate of drug-likeness (QED) is 0.703. The molecule has 9 heteroatoms. The summed E-state index contributed by atoms with van der Waals surface area (Å²) in [4.78, 5) is 42.1. The zero-order valence-electron chi connectivity index (χ0n) is 20.3. The van der Waals surface area contributed by atoms with Gasteiger partial charge in [-0.2, -0.15) is 0 Å². The highest BCUT2D eigenvalue weighted by Crippen LogP contribution is 2.37. The minimum atomic E-state index is -0.480. The van der Waals surface area contributed by atoms with E-state index >= 15 is 0 Å². The van der Waals surface area contributed by atoms with Gasteiger partial charge in [0, 0.05) is 57.3 Å². The third kappa shape index (κ3) is 4.77. The first-order valence-electron chi connectivity index (χ1n) is 12.4. The van der Waals surface area contributed by atoms with Crippen molar-refractivity contribution in [3.63, 3.8) is 0 Å². The maximum Gasteiger partial charge on any atom is 0.323 e. The van der Waals surface area contributed by atoms with E-state index in [1.54, 1.807) is 38.3 Å². The Labute approximate surface area is 205 Å². The van der Waals surface area contributed by atoms with E-state index in [2.05, 4.69) is 15.5 Å². The van der Waals surface area contributed by atoms with Crippen LogP contribution in [0.2, 0.25) is 0 Å². The Balaban J connectivity index is 1.27. The van der Waals surface area contributed by atoms with Gasteiger partial charge in [-0.1, -0.05) is 12.1 Å². The molecule has 2 N–H and O–H groups in total. The highest BCUT2D eigenvalue weighted by molar-refractivity contribution is 6.00. The minimum Gasteiger partial charge on any atom is -0.495 e. The molecule has 3 amide bonds. The van der Waals surface area contributed by atoms with Gasteiger partial charge in [0.25, 0.3) is 5.56 Å². The fraction of sp³-hybridized carbons (Fsp3) is 0.500. The van der Waals surface area contributed by atoms with Crippen molar-refractivity contribution in [1.29, 1.82) is 0 Å². The number of anilines is 2. The van der Waals surface area contributed by atoms with Crippen LogP contribution in [0.4, 0.5) is 16.2 Å². The van der Waals surface area contributed by atoms with Gasteiger partial charge in [0.2, 0.25) is 5.91 Å². The number of benzene rings is 1.